The third-order valence-corrected chi connectivity index (χ3v) is 3.75. The summed E-state index contributed by atoms with van der Waals surface area (Å²) in [6, 6.07) is 5.30. The van der Waals surface area contributed by atoms with E-state index in [-0.39, 0.29) is 5.69 Å². The second-order valence-electron chi connectivity index (χ2n) is 5.03. The van der Waals surface area contributed by atoms with Gasteiger partial charge >= 0.3 is 0 Å². The number of anilines is 2. The minimum atomic E-state index is -0.396. The van der Waals surface area contributed by atoms with E-state index in [4.69, 9.17) is 5.73 Å². The van der Waals surface area contributed by atoms with Crippen LogP contribution in [0.3, 0.4) is 0 Å². The van der Waals surface area contributed by atoms with Crippen LogP contribution in [0.5, 0.6) is 0 Å². The fourth-order valence-corrected chi connectivity index (χ4v) is 2.53. The largest absolute Gasteiger partial charge is 0.398 e. The summed E-state index contributed by atoms with van der Waals surface area (Å²) in [6.07, 6.45) is 1.07. The van der Waals surface area contributed by atoms with Gasteiger partial charge in [0.2, 0.25) is 0 Å². The maximum atomic E-state index is 10.9. The van der Waals surface area contributed by atoms with Crippen LogP contribution in [0.4, 0.5) is 17.1 Å². The van der Waals surface area contributed by atoms with Gasteiger partial charge in [-0.2, -0.15) is 0 Å². The zero-order chi connectivity index (χ0) is 14.0. The van der Waals surface area contributed by atoms with Crippen molar-refractivity contribution in [3.8, 4) is 0 Å². The Balaban J connectivity index is 2.24. The Hall–Kier alpha value is -1.82. The monoisotopic (exact) mass is 264 g/mol. The highest BCUT2D eigenvalue weighted by Gasteiger charge is 2.24. The van der Waals surface area contributed by atoms with E-state index in [1.807, 2.05) is 6.07 Å². The van der Waals surface area contributed by atoms with Gasteiger partial charge in [-0.1, -0.05) is 6.92 Å². The van der Waals surface area contributed by atoms with Gasteiger partial charge in [-0.05, 0) is 19.5 Å². The number of piperazine rings is 1. The molecule has 1 saturated heterocycles. The lowest BCUT2D eigenvalue weighted by molar-refractivity contribution is -0.384. The van der Waals surface area contributed by atoms with Crippen LogP contribution in [0.25, 0.3) is 0 Å². The van der Waals surface area contributed by atoms with Gasteiger partial charge in [0.05, 0.1) is 4.92 Å². The van der Waals surface area contributed by atoms with Crippen LogP contribution in [0, 0.1) is 10.1 Å². The molecule has 6 nitrogen and oxygen atoms in total. The molecule has 1 atom stereocenters. The highest BCUT2D eigenvalue weighted by Crippen LogP contribution is 2.27. The number of benzene rings is 1. The number of nitro benzene ring substituents is 1. The quantitative estimate of drug-likeness (QED) is 0.511. The molecule has 2 N–H and O–H groups in total. The number of non-ortho nitro benzene ring substituents is 1. The fourth-order valence-electron chi connectivity index (χ4n) is 2.53. The molecule has 104 valence electrons. The second kappa shape index (κ2) is 5.44. The molecule has 6 heteroatoms. The first-order valence-electron chi connectivity index (χ1n) is 6.51. The van der Waals surface area contributed by atoms with Gasteiger partial charge in [-0.3, -0.25) is 15.0 Å². The van der Waals surface area contributed by atoms with Crippen molar-refractivity contribution >= 4 is 17.1 Å². The topological polar surface area (TPSA) is 75.6 Å². The number of nitrogen functional groups attached to an aromatic ring is 1. The van der Waals surface area contributed by atoms with Gasteiger partial charge in [0, 0.05) is 49.2 Å². The molecule has 0 spiro atoms. The molecule has 19 heavy (non-hydrogen) atoms. The molecule has 1 fully saturated rings. The Morgan fingerprint density at radius 3 is 2.79 bits per heavy atom. The van der Waals surface area contributed by atoms with Crippen molar-refractivity contribution in [3.05, 3.63) is 28.3 Å². The van der Waals surface area contributed by atoms with E-state index in [0.717, 1.165) is 31.7 Å². The Morgan fingerprint density at radius 2 is 2.16 bits per heavy atom. The normalized spacial score (nSPS) is 20.5. The highest BCUT2D eigenvalue weighted by atomic mass is 16.6. The van der Waals surface area contributed by atoms with Gasteiger partial charge in [0.1, 0.15) is 0 Å². The maximum Gasteiger partial charge on any atom is 0.273 e. The van der Waals surface area contributed by atoms with Crippen LogP contribution in [0.15, 0.2) is 18.2 Å². The summed E-state index contributed by atoms with van der Waals surface area (Å²) in [4.78, 5) is 15.0. The molecule has 1 aliphatic rings. The molecule has 0 aromatic heterocycles. The Bertz CT molecular complexity index is 478. The second-order valence-corrected chi connectivity index (χ2v) is 5.03. The minimum absolute atomic E-state index is 0.0574. The number of hydrogen-bond acceptors (Lipinski definition) is 5. The zero-order valence-corrected chi connectivity index (χ0v) is 11.4. The highest BCUT2D eigenvalue weighted by molar-refractivity contribution is 5.63. The van der Waals surface area contributed by atoms with Gasteiger partial charge in [-0.15, -0.1) is 0 Å². The van der Waals surface area contributed by atoms with E-state index < -0.39 is 4.92 Å². The molecule has 0 amide bonds. The summed E-state index contributed by atoms with van der Waals surface area (Å²) in [6.45, 7) is 4.87. The van der Waals surface area contributed by atoms with Crippen molar-refractivity contribution in [2.75, 3.05) is 37.3 Å². The van der Waals surface area contributed by atoms with Crippen molar-refractivity contribution in [3.63, 3.8) is 0 Å². The molecule has 2 rings (SSSR count). The minimum Gasteiger partial charge on any atom is -0.398 e. The maximum absolute atomic E-state index is 10.9. The Labute approximate surface area is 112 Å². The predicted octanol–water partition coefficient (Wildman–Crippen LogP) is 1.71. The lowest BCUT2D eigenvalue weighted by atomic mass is 10.1. The molecule has 0 saturated carbocycles. The molecular weight excluding hydrogens is 244 g/mol. The van der Waals surface area contributed by atoms with E-state index in [0.29, 0.717) is 11.7 Å². The number of hydrogen-bond donors (Lipinski definition) is 1. The molecule has 0 aliphatic carbocycles. The Kier molecular flexibility index (Phi) is 3.90. The number of nitro groups is 1. The van der Waals surface area contributed by atoms with Crippen LogP contribution < -0.4 is 10.6 Å². The third kappa shape index (κ3) is 2.96. The van der Waals surface area contributed by atoms with Crippen molar-refractivity contribution in [1.29, 1.82) is 0 Å². The van der Waals surface area contributed by atoms with Crippen LogP contribution in [-0.4, -0.2) is 42.5 Å². The van der Waals surface area contributed by atoms with Crippen molar-refractivity contribution in [2.45, 2.75) is 19.4 Å². The molecule has 1 heterocycles. The van der Waals surface area contributed by atoms with Crippen LogP contribution in [0.1, 0.15) is 13.3 Å². The first kappa shape index (κ1) is 13.6. The van der Waals surface area contributed by atoms with E-state index in [2.05, 4.69) is 23.8 Å². The molecule has 1 aromatic carbocycles. The summed E-state index contributed by atoms with van der Waals surface area (Å²) in [5.41, 5.74) is 7.10. The van der Waals surface area contributed by atoms with Gasteiger partial charge in [-0.25, -0.2) is 0 Å². The SMILES string of the molecule is CCC1CN(c2cc(N)cc([N+](=O)[O-])c2)CCN1C. The molecule has 1 unspecified atom stereocenters. The fraction of sp³-hybridized carbons (Fsp3) is 0.538. The third-order valence-electron chi connectivity index (χ3n) is 3.75. The summed E-state index contributed by atoms with van der Waals surface area (Å²) in [7, 11) is 2.12. The first-order chi connectivity index (χ1) is 9.01. The van der Waals surface area contributed by atoms with Crippen LogP contribution >= 0.6 is 0 Å². The lowest BCUT2D eigenvalue weighted by Crippen LogP contribution is -2.51. The van der Waals surface area contributed by atoms with E-state index >= 15 is 0 Å². The number of nitrogens with two attached hydrogens (primary N) is 1. The summed E-state index contributed by atoms with van der Waals surface area (Å²) >= 11 is 0. The van der Waals surface area contributed by atoms with Crippen LogP contribution in [-0.2, 0) is 0 Å². The van der Waals surface area contributed by atoms with Gasteiger partial charge < -0.3 is 10.6 Å². The van der Waals surface area contributed by atoms with Crippen molar-refractivity contribution in [1.82, 2.24) is 4.90 Å². The molecule has 1 aromatic rings. The lowest BCUT2D eigenvalue weighted by Gasteiger charge is -2.40. The summed E-state index contributed by atoms with van der Waals surface area (Å²) in [5, 5.41) is 10.9. The number of likely N-dealkylation sites (N-methyl/N-ethyl adjacent to an activating group) is 1. The van der Waals surface area contributed by atoms with Gasteiger partial charge in [0.15, 0.2) is 0 Å². The summed E-state index contributed by atoms with van der Waals surface area (Å²) < 4.78 is 0. The predicted molar refractivity (Wildman–Crippen MR) is 76.4 cm³/mol. The Morgan fingerprint density at radius 1 is 1.42 bits per heavy atom. The molecule has 1 aliphatic heterocycles. The zero-order valence-electron chi connectivity index (χ0n) is 11.4. The molecular formula is C13H20N4O2. The molecule has 0 bridgehead atoms. The smallest absolute Gasteiger partial charge is 0.273 e. The first-order valence-corrected chi connectivity index (χ1v) is 6.51. The van der Waals surface area contributed by atoms with Gasteiger partial charge in [0.25, 0.3) is 5.69 Å². The van der Waals surface area contributed by atoms with Crippen LogP contribution in [0.2, 0.25) is 0 Å². The molecule has 0 radical (unpaired) electrons. The number of nitrogens with zero attached hydrogens (tertiary/aromatic N) is 3. The average Bonchev–Trinajstić information content (AvgIpc) is 2.38. The van der Waals surface area contributed by atoms with Crippen molar-refractivity contribution in [2.24, 2.45) is 0 Å². The number of rotatable bonds is 3. The van der Waals surface area contributed by atoms with E-state index in [1.165, 1.54) is 6.07 Å². The average molecular weight is 264 g/mol. The van der Waals surface area contributed by atoms with Crippen molar-refractivity contribution < 1.29 is 4.92 Å². The van der Waals surface area contributed by atoms with E-state index in [1.54, 1.807) is 6.07 Å². The standard InChI is InChI=1S/C13H20N4O2/c1-3-11-9-16(5-4-15(11)2)12-6-10(14)7-13(8-12)17(18)19/h6-8,11H,3-5,9,14H2,1-2H3. The summed E-state index contributed by atoms with van der Waals surface area (Å²) in [5.74, 6) is 0. The van der Waals surface area contributed by atoms with E-state index in [9.17, 15) is 10.1 Å².